The van der Waals surface area contributed by atoms with E-state index < -0.39 is 17.5 Å². The van der Waals surface area contributed by atoms with Gasteiger partial charge in [0.1, 0.15) is 0 Å². The lowest BCUT2D eigenvalue weighted by Gasteiger charge is -2.25. The van der Waals surface area contributed by atoms with Crippen LogP contribution in [0.4, 0.5) is 8.78 Å². The first-order chi connectivity index (χ1) is 9.08. The van der Waals surface area contributed by atoms with Crippen LogP contribution in [0.2, 0.25) is 0 Å². The summed E-state index contributed by atoms with van der Waals surface area (Å²) in [6.45, 7) is 0.511. The minimum Gasteiger partial charge on any atom is -0.352 e. The van der Waals surface area contributed by atoms with Gasteiger partial charge in [-0.3, -0.25) is 4.79 Å². The van der Waals surface area contributed by atoms with Crippen LogP contribution in [-0.4, -0.2) is 17.3 Å². The van der Waals surface area contributed by atoms with Crippen LogP contribution in [0, 0.1) is 17.6 Å². The Bertz CT molecular complexity index is 467. The van der Waals surface area contributed by atoms with Crippen LogP contribution in [0.5, 0.6) is 0 Å². The van der Waals surface area contributed by atoms with Crippen LogP contribution in [0.3, 0.4) is 0 Å². The molecule has 0 aromatic heterocycles. The highest BCUT2D eigenvalue weighted by molar-refractivity contribution is 9.09. The molecular weight excluding hydrogens is 316 g/mol. The van der Waals surface area contributed by atoms with E-state index in [-0.39, 0.29) is 5.56 Å². The number of amides is 1. The molecule has 0 radical (unpaired) electrons. The molecule has 2 unspecified atom stereocenters. The third-order valence-corrected chi connectivity index (χ3v) is 4.30. The van der Waals surface area contributed by atoms with Gasteiger partial charge in [0.25, 0.3) is 5.91 Å². The minimum absolute atomic E-state index is 0.230. The summed E-state index contributed by atoms with van der Waals surface area (Å²) in [6.07, 6.45) is 4.35. The molecule has 1 aliphatic carbocycles. The number of benzene rings is 1. The highest BCUT2D eigenvalue weighted by atomic mass is 79.9. The van der Waals surface area contributed by atoms with Crippen LogP contribution in [0.1, 0.15) is 36.0 Å². The smallest absolute Gasteiger partial charge is 0.254 e. The minimum atomic E-state index is -1.08. The number of rotatable bonds is 3. The molecule has 19 heavy (non-hydrogen) atoms. The summed E-state index contributed by atoms with van der Waals surface area (Å²) in [7, 11) is 0. The lowest BCUT2D eigenvalue weighted by atomic mass is 9.89. The number of nitrogens with one attached hydrogen (secondary N) is 1. The average Bonchev–Trinajstić information content (AvgIpc) is 2.39. The van der Waals surface area contributed by atoms with Gasteiger partial charge in [-0.1, -0.05) is 28.4 Å². The van der Waals surface area contributed by atoms with Gasteiger partial charge in [-0.05, 0) is 37.3 Å². The third-order valence-electron chi connectivity index (χ3n) is 3.47. The fourth-order valence-electron chi connectivity index (χ4n) is 2.42. The van der Waals surface area contributed by atoms with Crippen LogP contribution >= 0.6 is 15.9 Å². The van der Waals surface area contributed by atoms with E-state index in [4.69, 9.17) is 0 Å². The van der Waals surface area contributed by atoms with Crippen molar-refractivity contribution in [3.05, 3.63) is 35.4 Å². The van der Waals surface area contributed by atoms with Gasteiger partial charge in [0.2, 0.25) is 0 Å². The molecule has 0 saturated heterocycles. The Balaban J connectivity index is 1.92. The Labute approximate surface area is 119 Å². The molecular formula is C14H16BrF2NO. The maximum atomic E-state index is 13.4. The SMILES string of the molecule is O=C(NCC1CCCC(Br)C1)c1cccc(F)c1F. The topological polar surface area (TPSA) is 29.1 Å². The van der Waals surface area contributed by atoms with Gasteiger partial charge in [0, 0.05) is 11.4 Å². The predicted octanol–water partition coefficient (Wildman–Crippen LogP) is 3.65. The van der Waals surface area contributed by atoms with Crippen LogP contribution in [0.25, 0.3) is 0 Å². The zero-order chi connectivity index (χ0) is 13.8. The van der Waals surface area contributed by atoms with E-state index in [9.17, 15) is 13.6 Å². The van der Waals surface area contributed by atoms with Gasteiger partial charge < -0.3 is 5.32 Å². The van der Waals surface area contributed by atoms with E-state index in [1.54, 1.807) is 0 Å². The first kappa shape index (κ1) is 14.4. The average molecular weight is 332 g/mol. The first-order valence-corrected chi connectivity index (χ1v) is 7.35. The van der Waals surface area contributed by atoms with Crippen molar-refractivity contribution in [3.63, 3.8) is 0 Å². The van der Waals surface area contributed by atoms with Crippen LogP contribution in [-0.2, 0) is 0 Å². The van der Waals surface area contributed by atoms with Crippen molar-refractivity contribution < 1.29 is 13.6 Å². The van der Waals surface area contributed by atoms with Gasteiger partial charge in [-0.15, -0.1) is 0 Å². The molecule has 1 saturated carbocycles. The second-order valence-electron chi connectivity index (χ2n) is 4.94. The number of alkyl halides is 1. The van der Waals surface area contributed by atoms with E-state index in [1.807, 2.05) is 0 Å². The standard InChI is InChI=1S/C14H16BrF2NO/c15-10-4-1-3-9(7-10)8-18-14(19)11-5-2-6-12(16)13(11)17/h2,5-6,9-10H,1,3-4,7-8H2,(H,18,19). The molecule has 0 spiro atoms. The van der Waals surface area contributed by atoms with Crippen LogP contribution < -0.4 is 5.32 Å². The van der Waals surface area contributed by atoms with E-state index >= 15 is 0 Å². The Hall–Kier alpha value is -0.970. The van der Waals surface area contributed by atoms with Crippen molar-refractivity contribution in [1.82, 2.24) is 5.32 Å². The van der Waals surface area contributed by atoms with Gasteiger partial charge >= 0.3 is 0 Å². The first-order valence-electron chi connectivity index (χ1n) is 6.44. The Morgan fingerprint density at radius 1 is 1.37 bits per heavy atom. The fourth-order valence-corrected chi connectivity index (χ4v) is 3.27. The van der Waals surface area contributed by atoms with Gasteiger partial charge in [-0.2, -0.15) is 0 Å². The molecule has 104 valence electrons. The Kier molecular flexibility index (Phi) is 4.91. The second kappa shape index (κ2) is 6.46. The number of hydrogen-bond acceptors (Lipinski definition) is 1. The summed E-state index contributed by atoms with van der Waals surface area (Å²) >= 11 is 3.58. The van der Waals surface area contributed by atoms with Gasteiger partial charge in [0.05, 0.1) is 5.56 Å². The van der Waals surface area contributed by atoms with E-state index in [0.29, 0.717) is 17.3 Å². The number of halogens is 3. The molecule has 0 bridgehead atoms. The van der Waals surface area contributed by atoms with E-state index in [1.165, 1.54) is 12.1 Å². The zero-order valence-electron chi connectivity index (χ0n) is 10.5. The normalized spacial score (nSPS) is 23.1. The van der Waals surface area contributed by atoms with Crippen molar-refractivity contribution in [1.29, 1.82) is 0 Å². The highest BCUT2D eigenvalue weighted by Gasteiger charge is 2.21. The molecule has 0 aliphatic heterocycles. The summed E-state index contributed by atoms with van der Waals surface area (Å²) in [5, 5.41) is 2.69. The molecule has 2 atom stereocenters. The molecule has 1 aliphatic rings. The Morgan fingerprint density at radius 2 is 2.16 bits per heavy atom. The quantitative estimate of drug-likeness (QED) is 0.841. The lowest BCUT2D eigenvalue weighted by molar-refractivity contribution is 0.0939. The van der Waals surface area contributed by atoms with E-state index in [2.05, 4.69) is 21.2 Å². The number of hydrogen-bond donors (Lipinski definition) is 1. The predicted molar refractivity (Wildman–Crippen MR) is 73.4 cm³/mol. The number of carbonyl (C=O) groups is 1. The zero-order valence-corrected chi connectivity index (χ0v) is 12.1. The Morgan fingerprint density at radius 3 is 2.89 bits per heavy atom. The van der Waals surface area contributed by atoms with Crippen molar-refractivity contribution in [3.8, 4) is 0 Å². The molecule has 2 nitrogen and oxygen atoms in total. The molecule has 0 heterocycles. The van der Waals surface area contributed by atoms with Gasteiger partial charge in [0.15, 0.2) is 11.6 Å². The maximum absolute atomic E-state index is 13.4. The summed E-state index contributed by atoms with van der Waals surface area (Å²) in [4.78, 5) is 12.3. The second-order valence-corrected chi connectivity index (χ2v) is 6.24. The van der Waals surface area contributed by atoms with Crippen molar-refractivity contribution >= 4 is 21.8 Å². The van der Waals surface area contributed by atoms with Crippen molar-refractivity contribution in [2.24, 2.45) is 5.92 Å². The van der Waals surface area contributed by atoms with Crippen LogP contribution in [0.15, 0.2) is 18.2 Å². The molecule has 2 rings (SSSR count). The summed E-state index contributed by atoms with van der Waals surface area (Å²) in [5.74, 6) is -2.22. The molecule has 1 amide bonds. The summed E-state index contributed by atoms with van der Waals surface area (Å²) in [6, 6.07) is 3.63. The largest absolute Gasteiger partial charge is 0.352 e. The summed E-state index contributed by atoms with van der Waals surface area (Å²) in [5.41, 5.74) is -0.230. The van der Waals surface area contributed by atoms with E-state index in [0.717, 1.165) is 31.7 Å². The molecule has 1 aromatic carbocycles. The molecule has 1 N–H and O–H groups in total. The highest BCUT2D eigenvalue weighted by Crippen LogP contribution is 2.28. The lowest BCUT2D eigenvalue weighted by Crippen LogP contribution is -2.32. The number of carbonyl (C=O) groups excluding carboxylic acids is 1. The maximum Gasteiger partial charge on any atom is 0.254 e. The molecule has 1 fully saturated rings. The monoisotopic (exact) mass is 331 g/mol. The third kappa shape index (κ3) is 3.75. The molecule has 5 heteroatoms. The summed E-state index contributed by atoms with van der Waals surface area (Å²) < 4.78 is 26.5. The van der Waals surface area contributed by atoms with Crippen molar-refractivity contribution in [2.75, 3.05) is 6.54 Å². The fraction of sp³-hybridized carbons (Fsp3) is 0.500. The van der Waals surface area contributed by atoms with Gasteiger partial charge in [-0.25, -0.2) is 8.78 Å². The molecule has 1 aromatic rings. The van der Waals surface area contributed by atoms with Crippen molar-refractivity contribution in [2.45, 2.75) is 30.5 Å².